The predicted molar refractivity (Wildman–Crippen MR) is 148 cm³/mol. The van der Waals surface area contributed by atoms with Crippen LogP contribution in [0.5, 0.6) is 0 Å². The molecule has 200 valence electrons. The zero-order valence-electron chi connectivity index (χ0n) is 22.9. The van der Waals surface area contributed by atoms with Crippen LogP contribution in [0.3, 0.4) is 0 Å². The third kappa shape index (κ3) is 6.53. The topological polar surface area (TPSA) is 56.8 Å². The lowest BCUT2D eigenvalue weighted by molar-refractivity contribution is -0.141. The summed E-state index contributed by atoms with van der Waals surface area (Å²) in [5, 5.41) is 0.760. The molecule has 6 nitrogen and oxygen atoms in total. The maximum absolute atomic E-state index is 13.6. The summed E-state index contributed by atoms with van der Waals surface area (Å²) in [6.07, 6.45) is 4.22. The molecule has 0 aliphatic carbocycles. The van der Waals surface area contributed by atoms with E-state index in [1.54, 1.807) is 6.92 Å². The molecule has 2 amide bonds. The standard InChI is InChI=1S/C30H41ClN4O2/c1-21-9-10-24(19-25(21)31)29(26-8-6-7-13-32-26)34-16-17-35(27(20-34)30(3,4)5)28(37)18-23-11-14-33(15-12-23)22(2)36/h6-10,13,19,23,27,29H,11-12,14-18,20H2,1-5H3. The summed E-state index contributed by atoms with van der Waals surface area (Å²) < 4.78 is 0. The Morgan fingerprint density at radius 3 is 2.41 bits per heavy atom. The van der Waals surface area contributed by atoms with Crippen LogP contribution < -0.4 is 0 Å². The number of piperidine rings is 1. The summed E-state index contributed by atoms with van der Waals surface area (Å²) in [7, 11) is 0. The molecule has 2 aliphatic heterocycles. The second-order valence-electron chi connectivity index (χ2n) is 11.8. The van der Waals surface area contributed by atoms with Crippen molar-refractivity contribution >= 4 is 23.4 Å². The minimum atomic E-state index is -0.0775. The van der Waals surface area contributed by atoms with Crippen LogP contribution in [0.15, 0.2) is 42.6 Å². The number of rotatable bonds is 5. The Kier molecular flexibility index (Phi) is 8.59. The number of carbonyl (C=O) groups excluding carboxylic acids is 2. The van der Waals surface area contributed by atoms with Gasteiger partial charge in [-0.15, -0.1) is 0 Å². The van der Waals surface area contributed by atoms with Gasteiger partial charge in [0.15, 0.2) is 0 Å². The van der Waals surface area contributed by atoms with Crippen molar-refractivity contribution in [2.24, 2.45) is 11.3 Å². The number of aromatic nitrogens is 1. The van der Waals surface area contributed by atoms with E-state index in [1.165, 1.54) is 0 Å². The molecule has 0 radical (unpaired) electrons. The van der Waals surface area contributed by atoms with Crippen molar-refractivity contribution < 1.29 is 9.59 Å². The molecule has 4 rings (SSSR count). The van der Waals surface area contributed by atoms with Gasteiger partial charge in [0.1, 0.15) is 0 Å². The predicted octanol–water partition coefficient (Wildman–Crippen LogP) is 5.34. The number of halogens is 1. The van der Waals surface area contributed by atoms with E-state index < -0.39 is 0 Å². The Balaban J connectivity index is 1.54. The van der Waals surface area contributed by atoms with E-state index in [9.17, 15) is 9.59 Å². The normalized spacial score (nSPS) is 20.6. The lowest BCUT2D eigenvalue weighted by Gasteiger charge is -2.49. The maximum atomic E-state index is 13.6. The van der Waals surface area contributed by atoms with Crippen LogP contribution in [0.2, 0.25) is 5.02 Å². The average molecular weight is 525 g/mol. The highest BCUT2D eigenvalue weighted by Crippen LogP contribution is 2.36. The van der Waals surface area contributed by atoms with Crippen LogP contribution in [0.25, 0.3) is 0 Å². The van der Waals surface area contributed by atoms with Crippen LogP contribution in [0, 0.1) is 18.3 Å². The van der Waals surface area contributed by atoms with Gasteiger partial charge >= 0.3 is 0 Å². The molecular formula is C30H41ClN4O2. The second-order valence-corrected chi connectivity index (χ2v) is 12.2. The van der Waals surface area contributed by atoms with Crippen LogP contribution in [-0.4, -0.2) is 70.3 Å². The Morgan fingerprint density at radius 2 is 1.81 bits per heavy atom. The zero-order valence-corrected chi connectivity index (χ0v) is 23.7. The molecule has 0 bridgehead atoms. The van der Waals surface area contributed by atoms with Gasteiger partial charge < -0.3 is 9.80 Å². The molecule has 3 heterocycles. The first kappa shape index (κ1) is 27.6. The van der Waals surface area contributed by atoms with Crippen LogP contribution in [0.1, 0.15) is 69.8 Å². The second kappa shape index (κ2) is 11.5. The van der Waals surface area contributed by atoms with E-state index in [4.69, 9.17) is 16.6 Å². The van der Waals surface area contributed by atoms with Gasteiger partial charge in [-0.2, -0.15) is 0 Å². The fourth-order valence-corrected chi connectivity index (χ4v) is 5.97. The summed E-state index contributed by atoms with van der Waals surface area (Å²) in [6.45, 7) is 14.1. The third-order valence-corrected chi connectivity index (χ3v) is 8.51. The van der Waals surface area contributed by atoms with Crippen molar-refractivity contribution in [3.05, 3.63) is 64.4 Å². The molecule has 7 heteroatoms. The van der Waals surface area contributed by atoms with Crippen LogP contribution >= 0.6 is 11.6 Å². The van der Waals surface area contributed by atoms with Gasteiger partial charge in [-0.05, 0) is 60.4 Å². The summed E-state index contributed by atoms with van der Waals surface area (Å²) in [4.78, 5) is 36.5. The van der Waals surface area contributed by atoms with Gasteiger partial charge in [-0.3, -0.25) is 19.5 Å². The Hall–Kier alpha value is -2.44. The largest absolute Gasteiger partial charge is 0.343 e. The number of piperazine rings is 1. The monoisotopic (exact) mass is 524 g/mol. The first-order valence-corrected chi connectivity index (χ1v) is 13.9. The number of benzene rings is 1. The number of hydrogen-bond donors (Lipinski definition) is 0. The Bertz CT molecular complexity index is 1090. The van der Waals surface area contributed by atoms with Crippen molar-refractivity contribution in [1.29, 1.82) is 0 Å². The summed E-state index contributed by atoms with van der Waals surface area (Å²) >= 11 is 6.56. The molecule has 2 fully saturated rings. The van der Waals surface area contributed by atoms with Crippen molar-refractivity contribution in [2.45, 2.75) is 66.0 Å². The quantitative estimate of drug-likeness (QED) is 0.529. The third-order valence-electron chi connectivity index (χ3n) is 8.10. The van der Waals surface area contributed by atoms with Crippen molar-refractivity contribution in [2.75, 3.05) is 32.7 Å². The molecule has 2 atom stereocenters. The molecular weight excluding hydrogens is 484 g/mol. The highest BCUT2D eigenvalue weighted by molar-refractivity contribution is 6.31. The van der Waals surface area contributed by atoms with Crippen molar-refractivity contribution in [1.82, 2.24) is 19.7 Å². The summed E-state index contributed by atoms with van der Waals surface area (Å²) in [5.74, 6) is 0.720. The molecule has 1 aromatic carbocycles. The minimum absolute atomic E-state index is 0.0303. The minimum Gasteiger partial charge on any atom is -0.343 e. The lowest BCUT2D eigenvalue weighted by atomic mass is 9.82. The number of carbonyl (C=O) groups is 2. The number of likely N-dealkylation sites (tertiary alicyclic amines) is 1. The number of nitrogens with zero attached hydrogens (tertiary/aromatic N) is 4. The molecule has 2 aliphatic rings. The smallest absolute Gasteiger partial charge is 0.223 e. The van der Waals surface area contributed by atoms with E-state index in [2.05, 4.69) is 54.8 Å². The fourth-order valence-electron chi connectivity index (χ4n) is 5.78. The van der Waals surface area contributed by atoms with Crippen molar-refractivity contribution in [3.8, 4) is 0 Å². The average Bonchev–Trinajstić information content (AvgIpc) is 2.86. The van der Waals surface area contributed by atoms with E-state index in [1.807, 2.05) is 30.2 Å². The molecule has 0 N–H and O–H groups in total. The van der Waals surface area contributed by atoms with E-state index >= 15 is 0 Å². The van der Waals surface area contributed by atoms with Crippen LogP contribution in [0.4, 0.5) is 0 Å². The number of pyridine rings is 1. The van der Waals surface area contributed by atoms with Gasteiger partial charge in [-0.1, -0.05) is 50.6 Å². The van der Waals surface area contributed by atoms with E-state index in [0.29, 0.717) is 18.9 Å². The highest BCUT2D eigenvalue weighted by atomic mass is 35.5. The first-order chi connectivity index (χ1) is 17.5. The molecule has 1 aromatic heterocycles. The molecule has 2 unspecified atom stereocenters. The number of hydrogen-bond acceptors (Lipinski definition) is 4. The summed E-state index contributed by atoms with van der Waals surface area (Å²) in [6, 6.07) is 12.4. The van der Waals surface area contributed by atoms with Gasteiger partial charge in [0.2, 0.25) is 11.8 Å². The fraction of sp³-hybridized carbons (Fsp3) is 0.567. The van der Waals surface area contributed by atoms with Gasteiger partial charge in [-0.25, -0.2) is 0 Å². The first-order valence-electron chi connectivity index (χ1n) is 13.5. The maximum Gasteiger partial charge on any atom is 0.223 e. The van der Waals surface area contributed by atoms with Gasteiger partial charge in [0.05, 0.1) is 11.7 Å². The van der Waals surface area contributed by atoms with Crippen LogP contribution in [-0.2, 0) is 9.59 Å². The highest BCUT2D eigenvalue weighted by Gasteiger charge is 2.41. The number of aryl methyl sites for hydroxylation is 1. The van der Waals surface area contributed by atoms with Gasteiger partial charge in [0, 0.05) is 63.3 Å². The number of amides is 2. The van der Waals surface area contributed by atoms with E-state index in [-0.39, 0.29) is 29.3 Å². The molecule has 2 aromatic rings. The zero-order chi connectivity index (χ0) is 26.7. The SMILES string of the molecule is CC(=O)N1CCC(CC(=O)N2CCN(C(c3ccc(C)c(Cl)c3)c3ccccn3)CC2C(C)(C)C)CC1. The molecule has 0 spiro atoms. The Morgan fingerprint density at radius 1 is 1.08 bits per heavy atom. The molecule has 37 heavy (non-hydrogen) atoms. The van der Waals surface area contributed by atoms with Crippen molar-refractivity contribution in [3.63, 3.8) is 0 Å². The Labute approximate surface area is 227 Å². The van der Waals surface area contributed by atoms with E-state index in [0.717, 1.165) is 60.9 Å². The van der Waals surface area contributed by atoms with Gasteiger partial charge in [0.25, 0.3) is 0 Å². The molecule has 2 saturated heterocycles. The molecule has 0 saturated carbocycles. The lowest BCUT2D eigenvalue weighted by Crippen LogP contribution is -2.60. The summed E-state index contributed by atoms with van der Waals surface area (Å²) in [5.41, 5.74) is 3.10.